The molecule has 1 nitrogen and oxygen atoms in total. The molecule has 1 N–H and O–H groups in total. The quantitative estimate of drug-likeness (QED) is 0.276. The smallest absolute Gasteiger partial charge is 0.0442 e. The molecule has 0 spiro atoms. The van der Waals surface area contributed by atoms with Crippen LogP contribution in [0.15, 0.2) is 0 Å². The second-order valence-corrected chi connectivity index (χ2v) is 13.2. The van der Waals surface area contributed by atoms with Gasteiger partial charge in [0.25, 0.3) is 0 Å². The van der Waals surface area contributed by atoms with Gasteiger partial charge in [-0.25, -0.2) is 0 Å². The van der Waals surface area contributed by atoms with Gasteiger partial charge in [0.05, 0.1) is 0 Å². The van der Waals surface area contributed by atoms with Gasteiger partial charge in [0.1, 0.15) is 0 Å². The summed E-state index contributed by atoms with van der Waals surface area (Å²) in [5.41, 5.74) is 0. The first kappa shape index (κ1) is 16.0. The molecule has 1 aliphatic rings. The minimum Gasteiger partial charge on any atom is -0.258 e. The van der Waals surface area contributed by atoms with Crippen molar-refractivity contribution in [1.82, 2.24) is 3.53 Å². The third kappa shape index (κ3) is 7.16. The molecular weight excluding hydrogens is 337 g/mol. The Bertz CT molecular complexity index is 197. The molecule has 1 atom stereocenters. The summed E-state index contributed by atoms with van der Waals surface area (Å²) in [6.07, 6.45) is 11.6. The summed E-state index contributed by atoms with van der Waals surface area (Å²) in [7, 11) is -0.801. The van der Waals surface area contributed by atoms with Gasteiger partial charge in [-0.15, -0.1) is 0 Å². The molecule has 17 heavy (non-hydrogen) atoms. The Morgan fingerprint density at radius 3 is 2.29 bits per heavy atom. The van der Waals surface area contributed by atoms with E-state index < -0.39 is 8.07 Å². The van der Waals surface area contributed by atoms with Gasteiger partial charge in [0, 0.05) is 37.0 Å². The first-order chi connectivity index (χ1) is 8.03. The van der Waals surface area contributed by atoms with Crippen LogP contribution in [-0.2, 0) is 0 Å². The van der Waals surface area contributed by atoms with Crippen LogP contribution in [0.4, 0.5) is 0 Å². The maximum Gasteiger partial charge on any atom is 0.0442 e. The third-order valence-electron chi connectivity index (χ3n) is 4.05. The lowest BCUT2D eigenvalue weighted by Crippen LogP contribution is -2.31. The van der Waals surface area contributed by atoms with Crippen LogP contribution in [-0.4, -0.2) is 14.1 Å². The van der Waals surface area contributed by atoms with Gasteiger partial charge in [-0.05, 0) is 25.2 Å². The molecule has 1 rings (SSSR count). The van der Waals surface area contributed by atoms with Crippen molar-refractivity contribution in [2.45, 2.75) is 83.1 Å². The fourth-order valence-electron chi connectivity index (χ4n) is 2.94. The van der Waals surface area contributed by atoms with E-state index in [-0.39, 0.29) is 0 Å². The average molecular weight is 367 g/mol. The van der Waals surface area contributed by atoms with E-state index in [0.29, 0.717) is 0 Å². The van der Waals surface area contributed by atoms with Gasteiger partial charge in [-0.2, -0.15) is 0 Å². The monoisotopic (exact) mass is 367 g/mol. The zero-order valence-corrected chi connectivity index (χ0v) is 15.1. The topological polar surface area (TPSA) is 12.0 Å². The normalized spacial score (nSPS) is 20.5. The SMILES string of the molecule is C[Si](C)(C)CCCCC(NI)C1CCCCC1. The van der Waals surface area contributed by atoms with E-state index >= 15 is 0 Å². The van der Waals surface area contributed by atoms with Crippen LogP contribution < -0.4 is 3.53 Å². The van der Waals surface area contributed by atoms with Crippen LogP contribution in [0.2, 0.25) is 25.7 Å². The van der Waals surface area contributed by atoms with Crippen molar-refractivity contribution in [2.75, 3.05) is 0 Å². The second kappa shape index (κ2) is 8.15. The summed E-state index contributed by atoms with van der Waals surface area (Å²) >= 11 is 2.38. The van der Waals surface area contributed by atoms with Crippen LogP contribution in [0.1, 0.15) is 51.4 Å². The van der Waals surface area contributed by atoms with E-state index in [4.69, 9.17) is 0 Å². The van der Waals surface area contributed by atoms with E-state index in [2.05, 4.69) is 46.0 Å². The molecule has 1 unspecified atom stereocenters. The van der Waals surface area contributed by atoms with Gasteiger partial charge < -0.3 is 0 Å². The lowest BCUT2D eigenvalue weighted by atomic mass is 9.82. The Kier molecular flexibility index (Phi) is 7.66. The Morgan fingerprint density at radius 1 is 1.12 bits per heavy atom. The van der Waals surface area contributed by atoms with E-state index in [0.717, 1.165) is 12.0 Å². The number of unbranched alkanes of at least 4 members (excludes halogenated alkanes) is 1. The maximum absolute atomic E-state index is 3.55. The summed E-state index contributed by atoms with van der Waals surface area (Å²) < 4.78 is 3.55. The molecular formula is C14H30INSi. The number of hydrogen-bond acceptors (Lipinski definition) is 1. The molecule has 102 valence electrons. The zero-order valence-electron chi connectivity index (χ0n) is 11.9. The highest BCUT2D eigenvalue weighted by molar-refractivity contribution is 14.1. The molecule has 0 radical (unpaired) electrons. The molecule has 0 amide bonds. The molecule has 0 bridgehead atoms. The molecule has 0 aromatic carbocycles. The number of halogens is 1. The molecule has 0 aromatic rings. The fourth-order valence-corrected chi connectivity index (χ4v) is 5.07. The summed E-state index contributed by atoms with van der Waals surface area (Å²) in [6.45, 7) is 7.46. The first-order valence-corrected chi connectivity index (χ1v) is 12.2. The molecule has 3 heteroatoms. The first-order valence-electron chi connectivity index (χ1n) is 7.39. The molecule has 0 aromatic heterocycles. The predicted molar refractivity (Wildman–Crippen MR) is 89.5 cm³/mol. The van der Waals surface area contributed by atoms with Gasteiger partial charge in [0.15, 0.2) is 0 Å². The van der Waals surface area contributed by atoms with Crippen LogP contribution in [0, 0.1) is 5.92 Å². The van der Waals surface area contributed by atoms with Crippen LogP contribution in [0.25, 0.3) is 0 Å². The number of hydrogen-bond donors (Lipinski definition) is 1. The van der Waals surface area contributed by atoms with E-state index in [1.165, 1.54) is 57.4 Å². The molecule has 0 aliphatic heterocycles. The van der Waals surface area contributed by atoms with Crippen molar-refractivity contribution < 1.29 is 0 Å². The van der Waals surface area contributed by atoms with E-state index in [1.54, 1.807) is 0 Å². The summed E-state index contributed by atoms with van der Waals surface area (Å²) in [5, 5.41) is 0. The highest BCUT2D eigenvalue weighted by Crippen LogP contribution is 2.29. The third-order valence-corrected chi connectivity index (χ3v) is 6.70. The molecule has 1 saturated carbocycles. The Balaban J connectivity index is 2.18. The second-order valence-electron chi connectivity index (χ2n) is 6.92. The molecule has 1 aliphatic carbocycles. The summed E-state index contributed by atoms with van der Waals surface area (Å²) in [5.74, 6) is 0.965. The van der Waals surface area contributed by atoms with Crippen molar-refractivity contribution in [1.29, 1.82) is 0 Å². The Labute approximate surface area is 123 Å². The summed E-state index contributed by atoms with van der Waals surface area (Å²) in [6, 6.07) is 2.29. The maximum atomic E-state index is 3.55. The van der Waals surface area contributed by atoms with Gasteiger partial charge in [-0.1, -0.05) is 57.8 Å². The van der Waals surface area contributed by atoms with E-state index in [9.17, 15) is 0 Å². The predicted octanol–water partition coefficient (Wildman–Crippen LogP) is 5.38. The van der Waals surface area contributed by atoms with Crippen LogP contribution >= 0.6 is 22.9 Å². The highest BCUT2D eigenvalue weighted by Gasteiger charge is 2.22. The number of nitrogens with one attached hydrogen (secondary N) is 1. The standard InChI is InChI=1S/C14H30INSi/c1-17(2,3)12-8-7-11-14(16-15)13-9-5-4-6-10-13/h13-14,16H,4-12H2,1-3H3. The fraction of sp³-hybridized carbons (Fsp3) is 1.00. The Hall–Kier alpha value is 0.907. The van der Waals surface area contributed by atoms with Gasteiger partial charge >= 0.3 is 0 Å². The Morgan fingerprint density at radius 2 is 1.76 bits per heavy atom. The lowest BCUT2D eigenvalue weighted by Gasteiger charge is -2.29. The molecule has 0 heterocycles. The van der Waals surface area contributed by atoms with Crippen molar-refractivity contribution in [3.8, 4) is 0 Å². The minimum atomic E-state index is -0.801. The van der Waals surface area contributed by atoms with Gasteiger partial charge in [0.2, 0.25) is 0 Å². The van der Waals surface area contributed by atoms with Crippen molar-refractivity contribution in [3.05, 3.63) is 0 Å². The minimum absolute atomic E-state index is 0.789. The van der Waals surface area contributed by atoms with Crippen molar-refractivity contribution in [2.24, 2.45) is 5.92 Å². The lowest BCUT2D eigenvalue weighted by molar-refractivity contribution is 0.284. The van der Waals surface area contributed by atoms with Gasteiger partial charge in [-0.3, -0.25) is 3.53 Å². The van der Waals surface area contributed by atoms with Crippen LogP contribution in [0.5, 0.6) is 0 Å². The zero-order chi connectivity index (χ0) is 12.7. The van der Waals surface area contributed by atoms with Crippen molar-refractivity contribution in [3.63, 3.8) is 0 Å². The van der Waals surface area contributed by atoms with E-state index in [1.807, 2.05) is 0 Å². The van der Waals surface area contributed by atoms with Crippen molar-refractivity contribution >= 4 is 30.9 Å². The molecule has 0 saturated heterocycles. The average Bonchev–Trinajstić information content (AvgIpc) is 2.29. The highest BCUT2D eigenvalue weighted by atomic mass is 127. The number of rotatable bonds is 7. The largest absolute Gasteiger partial charge is 0.258 e. The summed E-state index contributed by atoms with van der Waals surface area (Å²) in [4.78, 5) is 0. The molecule has 1 fully saturated rings. The van der Waals surface area contributed by atoms with Crippen LogP contribution in [0.3, 0.4) is 0 Å².